The normalized spacial score (nSPS) is 14.3. The summed E-state index contributed by atoms with van der Waals surface area (Å²) in [5, 5.41) is 15.7. The minimum Gasteiger partial charge on any atom is -0.342 e. The molecule has 1 aliphatic heterocycles. The fourth-order valence-corrected chi connectivity index (χ4v) is 5.01. The van der Waals surface area contributed by atoms with Gasteiger partial charge in [0.2, 0.25) is 5.91 Å². The molecule has 1 aliphatic rings. The number of aromatic nitrogens is 2. The number of anilines is 1. The summed E-state index contributed by atoms with van der Waals surface area (Å²) in [4.78, 5) is 45.1. The van der Waals surface area contributed by atoms with Crippen LogP contribution in [0, 0.1) is 15.9 Å². The molecule has 1 aromatic carbocycles. The van der Waals surface area contributed by atoms with Crippen molar-refractivity contribution in [1.29, 1.82) is 0 Å². The predicted octanol–water partition coefficient (Wildman–Crippen LogP) is 3.85. The van der Waals surface area contributed by atoms with Gasteiger partial charge in [0.05, 0.1) is 16.4 Å². The predicted molar refractivity (Wildman–Crippen MR) is 117 cm³/mol. The fraction of sp³-hybridized carbons (Fsp3) is 0.300. The van der Waals surface area contributed by atoms with E-state index in [-0.39, 0.29) is 39.9 Å². The number of rotatable bonds is 6. The molecule has 9 nitrogen and oxygen atoms in total. The lowest BCUT2D eigenvalue weighted by Crippen LogP contribution is -2.38. The number of likely N-dealkylation sites (tertiary alicyclic amines) is 1. The maximum atomic E-state index is 13.0. The molecule has 166 valence electrons. The van der Waals surface area contributed by atoms with Gasteiger partial charge in [0.1, 0.15) is 17.7 Å². The van der Waals surface area contributed by atoms with E-state index in [1.54, 1.807) is 22.4 Å². The number of halogens is 1. The molecule has 1 N–H and O–H groups in total. The quantitative estimate of drug-likeness (QED) is 0.427. The van der Waals surface area contributed by atoms with Crippen molar-refractivity contribution in [2.75, 3.05) is 18.4 Å². The van der Waals surface area contributed by atoms with Gasteiger partial charge in [0.25, 0.3) is 5.91 Å². The Hall–Kier alpha value is -3.25. The average molecular weight is 476 g/mol. The Morgan fingerprint density at radius 3 is 2.62 bits per heavy atom. The third-order valence-electron chi connectivity index (χ3n) is 5.11. The van der Waals surface area contributed by atoms with E-state index in [1.165, 1.54) is 23.5 Å². The second kappa shape index (κ2) is 9.49. The molecular weight excluding hydrogens is 457 g/mol. The fourth-order valence-electron chi connectivity index (χ4n) is 3.41. The van der Waals surface area contributed by atoms with E-state index < -0.39 is 10.8 Å². The number of benzene rings is 1. The zero-order valence-electron chi connectivity index (χ0n) is 16.7. The van der Waals surface area contributed by atoms with Crippen LogP contribution in [0.25, 0.3) is 0 Å². The molecule has 0 saturated carbocycles. The lowest BCUT2D eigenvalue weighted by atomic mass is 9.97. The third kappa shape index (κ3) is 5.14. The van der Waals surface area contributed by atoms with Gasteiger partial charge in [-0.25, -0.2) is 14.4 Å². The number of thiazole rings is 2. The van der Waals surface area contributed by atoms with Crippen molar-refractivity contribution < 1.29 is 18.9 Å². The maximum Gasteiger partial charge on any atom is 0.345 e. The zero-order chi connectivity index (χ0) is 22.7. The van der Waals surface area contributed by atoms with E-state index in [4.69, 9.17) is 0 Å². The van der Waals surface area contributed by atoms with Crippen LogP contribution in [-0.4, -0.2) is 44.7 Å². The molecule has 2 amide bonds. The van der Waals surface area contributed by atoms with Crippen molar-refractivity contribution in [3.05, 3.63) is 68.0 Å². The van der Waals surface area contributed by atoms with Crippen molar-refractivity contribution in [3.8, 4) is 0 Å². The molecule has 12 heteroatoms. The number of hydrogen-bond acceptors (Lipinski definition) is 8. The summed E-state index contributed by atoms with van der Waals surface area (Å²) in [6, 6.07) is 5.93. The summed E-state index contributed by atoms with van der Waals surface area (Å²) >= 11 is 2.16. The highest BCUT2D eigenvalue weighted by atomic mass is 32.1. The maximum absolute atomic E-state index is 13.0. The standard InChI is InChI=1S/C20H18FN5O4S2/c21-14-3-1-12(2-4-14)9-16(27)25-7-5-13(6-8-25)19-23-15(11-31-19)18(28)24-20-22-10-17(32-20)26(29)30/h1-4,10-11,13H,5-9H2,(H,22,24,28). The molecule has 1 fully saturated rings. The molecule has 2 aromatic heterocycles. The lowest BCUT2D eigenvalue weighted by molar-refractivity contribution is -0.380. The van der Waals surface area contributed by atoms with Gasteiger partial charge in [0.15, 0.2) is 5.13 Å². The highest BCUT2D eigenvalue weighted by Crippen LogP contribution is 2.31. The van der Waals surface area contributed by atoms with Gasteiger partial charge >= 0.3 is 5.00 Å². The van der Waals surface area contributed by atoms with Crippen molar-refractivity contribution >= 4 is 44.6 Å². The molecule has 0 spiro atoms. The van der Waals surface area contributed by atoms with Crippen molar-refractivity contribution in [2.45, 2.75) is 25.2 Å². The summed E-state index contributed by atoms with van der Waals surface area (Å²) in [5.74, 6) is -0.640. The first-order valence-electron chi connectivity index (χ1n) is 9.78. The van der Waals surface area contributed by atoms with Crippen LogP contribution in [0.3, 0.4) is 0 Å². The molecule has 3 heterocycles. The van der Waals surface area contributed by atoms with Crippen molar-refractivity contribution in [3.63, 3.8) is 0 Å². The van der Waals surface area contributed by atoms with E-state index in [0.717, 1.165) is 40.9 Å². The van der Waals surface area contributed by atoms with Crippen LogP contribution in [0.15, 0.2) is 35.8 Å². The molecule has 1 saturated heterocycles. The Balaban J connectivity index is 1.30. The Kier molecular flexibility index (Phi) is 6.51. The minimum absolute atomic E-state index is 0.00630. The SMILES string of the molecule is O=C(Nc1ncc([N+](=O)[O-])s1)c1csc(C2CCN(C(=O)Cc3ccc(F)cc3)CC2)n1. The number of hydrogen-bond donors (Lipinski definition) is 1. The Morgan fingerprint density at radius 1 is 1.25 bits per heavy atom. The van der Waals surface area contributed by atoms with Crippen LogP contribution >= 0.6 is 22.7 Å². The summed E-state index contributed by atoms with van der Waals surface area (Å²) in [5.41, 5.74) is 1.01. The van der Waals surface area contributed by atoms with Gasteiger partial charge < -0.3 is 4.90 Å². The van der Waals surface area contributed by atoms with E-state index in [0.29, 0.717) is 13.1 Å². The largest absolute Gasteiger partial charge is 0.345 e. The smallest absolute Gasteiger partial charge is 0.342 e. The Labute approximate surface area is 190 Å². The van der Waals surface area contributed by atoms with Crippen LogP contribution in [0.1, 0.15) is 39.8 Å². The van der Waals surface area contributed by atoms with Crippen LogP contribution in [-0.2, 0) is 11.2 Å². The van der Waals surface area contributed by atoms with Crippen LogP contribution < -0.4 is 5.32 Å². The Morgan fingerprint density at radius 2 is 1.97 bits per heavy atom. The number of nitrogens with one attached hydrogen (secondary N) is 1. The van der Waals surface area contributed by atoms with Gasteiger partial charge in [-0.1, -0.05) is 12.1 Å². The lowest BCUT2D eigenvalue weighted by Gasteiger charge is -2.31. The van der Waals surface area contributed by atoms with Crippen LogP contribution in [0.2, 0.25) is 0 Å². The number of nitrogens with zero attached hydrogens (tertiary/aromatic N) is 4. The summed E-state index contributed by atoms with van der Waals surface area (Å²) in [6.45, 7) is 1.18. The highest BCUT2D eigenvalue weighted by Gasteiger charge is 2.26. The summed E-state index contributed by atoms with van der Waals surface area (Å²) in [7, 11) is 0. The van der Waals surface area contributed by atoms with Gasteiger partial charge in [-0.15, -0.1) is 11.3 Å². The minimum atomic E-state index is -0.564. The number of carbonyl (C=O) groups is 2. The van der Waals surface area contributed by atoms with E-state index >= 15 is 0 Å². The molecule has 0 aliphatic carbocycles. The summed E-state index contributed by atoms with van der Waals surface area (Å²) in [6.07, 6.45) is 2.81. The van der Waals surface area contributed by atoms with Gasteiger partial charge in [-0.05, 0) is 41.9 Å². The topological polar surface area (TPSA) is 118 Å². The molecule has 3 aromatic rings. The Bertz CT molecular complexity index is 1140. The molecular formula is C20H18FN5O4S2. The number of nitro groups is 1. The zero-order valence-corrected chi connectivity index (χ0v) is 18.3. The van der Waals surface area contributed by atoms with Gasteiger partial charge in [-0.3, -0.25) is 25.0 Å². The molecule has 0 unspecified atom stereocenters. The van der Waals surface area contributed by atoms with Crippen molar-refractivity contribution in [1.82, 2.24) is 14.9 Å². The third-order valence-corrected chi connectivity index (χ3v) is 6.99. The van der Waals surface area contributed by atoms with Crippen LogP contribution in [0.4, 0.5) is 14.5 Å². The monoisotopic (exact) mass is 475 g/mol. The highest BCUT2D eigenvalue weighted by molar-refractivity contribution is 7.18. The molecule has 0 radical (unpaired) electrons. The first kappa shape index (κ1) is 22.0. The second-order valence-electron chi connectivity index (χ2n) is 7.24. The molecule has 0 atom stereocenters. The second-order valence-corrected chi connectivity index (χ2v) is 9.14. The van der Waals surface area contributed by atoms with Gasteiger partial charge in [-0.2, -0.15) is 0 Å². The first-order valence-corrected chi connectivity index (χ1v) is 11.5. The van der Waals surface area contributed by atoms with E-state index in [1.807, 2.05) is 0 Å². The van der Waals surface area contributed by atoms with Crippen LogP contribution in [0.5, 0.6) is 0 Å². The number of carbonyl (C=O) groups excluding carboxylic acids is 2. The van der Waals surface area contributed by atoms with Gasteiger partial charge in [0, 0.05) is 24.4 Å². The molecule has 4 rings (SSSR count). The molecule has 32 heavy (non-hydrogen) atoms. The van der Waals surface area contributed by atoms with E-state index in [9.17, 15) is 24.1 Å². The van der Waals surface area contributed by atoms with Crippen molar-refractivity contribution in [2.24, 2.45) is 0 Å². The summed E-state index contributed by atoms with van der Waals surface area (Å²) < 4.78 is 13.0. The van der Waals surface area contributed by atoms with E-state index in [2.05, 4.69) is 15.3 Å². The average Bonchev–Trinajstić information content (AvgIpc) is 3.45. The number of amides is 2. The first-order chi connectivity index (χ1) is 15.4. The number of piperidine rings is 1. The molecule has 0 bridgehead atoms.